The molecule has 0 N–H and O–H groups in total. The summed E-state index contributed by atoms with van der Waals surface area (Å²) in [6.07, 6.45) is 2.45. The predicted octanol–water partition coefficient (Wildman–Crippen LogP) is 4.78. The monoisotopic (exact) mass is 415 g/mol. The lowest BCUT2D eigenvalue weighted by Gasteiger charge is -2.25. The fraction of sp³-hybridized carbons (Fsp3) is 0.333. The van der Waals surface area contributed by atoms with Gasteiger partial charge in [0.2, 0.25) is 0 Å². The van der Waals surface area contributed by atoms with Crippen LogP contribution in [0, 0.1) is 0 Å². The highest BCUT2D eigenvalue weighted by molar-refractivity contribution is 9.10. The van der Waals surface area contributed by atoms with Gasteiger partial charge < -0.3 is 9.64 Å². The Hall–Kier alpha value is -2.14. The normalized spacial score (nSPS) is 16.5. The molecule has 1 atom stereocenters. The van der Waals surface area contributed by atoms with E-state index in [0.717, 1.165) is 29.4 Å². The molecule has 0 aromatic heterocycles. The molecule has 0 radical (unpaired) electrons. The van der Waals surface area contributed by atoms with Crippen LogP contribution in [-0.4, -0.2) is 29.7 Å². The van der Waals surface area contributed by atoms with E-state index in [1.54, 1.807) is 24.3 Å². The minimum atomic E-state index is -0.0101. The average molecular weight is 416 g/mol. The zero-order valence-corrected chi connectivity index (χ0v) is 16.4. The minimum Gasteiger partial charge on any atom is -0.484 e. The number of benzene rings is 2. The first-order valence-electron chi connectivity index (χ1n) is 8.89. The lowest BCUT2D eigenvalue weighted by molar-refractivity contribution is -0.134. The molecule has 5 heteroatoms. The van der Waals surface area contributed by atoms with Gasteiger partial charge in [0.05, 0.1) is 6.04 Å². The Bertz CT molecular complexity index is 771. The highest BCUT2D eigenvalue weighted by atomic mass is 79.9. The molecule has 0 aliphatic carbocycles. The van der Waals surface area contributed by atoms with Crippen LogP contribution < -0.4 is 4.74 Å². The van der Waals surface area contributed by atoms with Crippen LogP contribution in [0.25, 0.3) is 0 Å². The zero-order chi connectivity index (χ0) is 18.5. The van der Waals surface area contributed by atoms with Gasteiger partial charge in [-0.3, -0.25) is 9.59 Å². The van der Waals surface area contributed by atoms with Gasteiger partial charge in [0.15, 0.2) is 12.4 Å². The van der Waals surface area contributed by atoms with E-state index >= 15 is 0 Å². The summed E-state index contributed by atoms with van der Waals surface area (Å²) in [6, 6.07) is 15.2. The summed E-state index contributed by atoms with van der Waals surface area (Å²) in [6.45, 7) is 2.60. The van der Waals surface area contributed by atoms with Crippen LogP contribution in [0.3, 0.4) is 0 Å². The Labute approximate surface area is 162 Å². The van der Waals surface area contributed by atoms with Gasteiger partial charge >= 0.3 is 0 Å². The molecule has 0 spiro atoms. The summed E-state index contributed by atoms with van der Waals surface area (Å²) < 4.78 is 6.67. The molecule has 4 nitrogen and oxygen atoms in total. The number of halogens is 1. The van der Waals surface area contributed by atoms with E-state index in [1.165, 1.54) is 0 Å². The third-order valence-electron chi connectivity index (χ3n) is 4.69. The van der Waals surface area contributed by atoms with Crippen LogP contribution in [0.1, 0.15) is 48.1 Å². The largest absolute Gasteiger partial charge is 0.484 e. The van der Waals surface area contributed by atoms with E-state index in [4.69, 9.17) is 4.74 Å². The smallest absolute Gasteiger partial charge is 0.261 e. The fourth-order valence-corrected chi connectivity index (χ4v) is 3.53. The SMILES string of the molecule is CCC(=O)c1ccc(OCC(=O)N2CCCC2c2ccc(Br)cc2)cc1. The Kier molecular flexibility index (Phi) is 6.09. The van der Waals surface area contributed by atoms with Crippen molar-refractivity contribution in [1.29, 1.82) is 0 Å². The zero-order valence-electron chi connectivity index (χ0n) is 14.8. The van der Waals surface area contributed by atoms with Crippen molar-refractivity contribution < 1.29 is 14.3 Å². The molecule has 1 unspecified atom stereocenters. The molecular weight excluding hydrogens is 394 g/mol. The topological polar surface area (TPSA) is 46.6 Å². The minimum absolute atomic E-state index is 0.00803. The molecule has 3 rings (SSSR count). The second-order valence-electron chi connectivity index (χ2n) is 6.39. The lowest BCUT2D eigenvalue weighted by Crippen LogP contribution is -2.34. The lowest BCUT2D eigenvalue weighted by atomic mass is 10.0. The van der Waals surface area contributed by atoms with Crippen molar-refractivity contribution in [1.82, 2.24) is 4.90 Å². The Morgan fingerprint density at radius 1 is 1.12 bits per heavy atom. The van der Waals surface area contributed by atoms with Crippen molar-refractivity contribution in [3.8, 4) is 5.75 Å². The number of hydrogen-bond acceptors (Lipinski definition) is 3. The van der Waals surface area contributed by atoms with Crippen molar-refractivity contribution in [2.75, 3.05) is 13.2 Å². The second kappa shape index (κ2) is 8.49. The molecule has 1 fully saturated rings. The van der Waals surface area contributed by atoms with Crippen molar-refractivity contribution in [3.63, 3.8) is 0 Å². The van der Waals surface area contributed by atoms with Crippen LogP contribution in [0.2, 0.25) is 0 Å². The molecule has 1 aliphatic heterocycles. The summed E-state index contributed by atoms with van der Waals surface area (Å²) in [5.74, 6) is 0.691. The van der Waals surface area contributed by atoms with E-state index in [0.29, 0.717) is 17.7 Å². The first kappa shape index (κ1) is 18.6. The van der Waals surface area contributed by atoms with Gasteiger partial charge in [-0.2, -0.15) is 0 Å². The third-order valence-corrected chi connectivity index (χ3v) is 5.22. The van der Waals surface area contributed by atoms with Crippen LogP contribution in [0.4, 0.5) is 0 Å². The van der Waals surface area contributed by atoms with Gasteiger partial charge in [-0.1, -0.05) is 35.0 Å². The van der Waals surface area contributed by atoms with E-state index in [9.17, 15) is 9.59 Å². The standard InChI is InChI=1S/C21H22BrNO3/c1-2-20(24)16-7-11-18(12-8-16)26-14-21(25)23-13-3-4-19(23)15-5-9-17(22)10-6-15/h5-12,19H,2-4,13-14H2,1H3. The third kappa shape index (κ3) is 4.33. The molecule has 0 bridgehead atoms. The molecule has 136 valence electrons. The van der Waals surface area contributed by atoms with E-state index < -0.39 is 0 Å². The molecule has 26 heavy (non-hydrogen) atoms. The number of nitrogens with zero attached hydrogens (tertiary/aromatic N) is 1. The molecule has 1 aliphatic rings. The summed E-state index contributed by atoms with van der Waals surface area (Å²) in [5.41, 5.74) is 1.82. The molecule has 1 amide bonds. The molecule has 1 heterocycles. The van der Waals surface area contributed by atoms with Gasteiger partial charge in [0.1, 0.15) is 5.75 Å². The fourth-order valence-electron chi connectivity index (χ4n) is 3.27. The number of carbonyl (C=O) groups is 2. The van der Waals surface area contributed by atoms with Gasteiger partial charge in [0, 0.05) is 23.0 Å². The molecule has 1 saturated heterocycles. The maximum Gasteiger partial charge on any atom is 0.261 e. The molecular formula is C21H22BrNO3. The maximum absolute atomic E-state index is 12.6. The molecule has 2 aromatic carbocycles. The second-order valence-corrected chi connectivity index (χ2v) is 7.30. The van der Waals surface area contributed by atoms with Crippen molar-refractivity contribution in [3.05, 3.63) is 64.1 Å². The number of carbonyl (C=O) groups excluding carboxylic acids is 2. The number of ether oxygens (including phenoxy) is 1. The number of ketones is 1. The van der Waals surface area contributed by atoms with Gasteiger partial charge in [-0.05, 0) is 54.8 Å². The Morgan fingerprint density at radius 2 is 1.81 bits per heavy atom. The Morgan fingerprint density at radius 3 is 2.46 bits per heavy atom. The predicted molar refractivity (Wildman–Crippen MR) is 104 cm³/mol. The summed E-state index contributed by atoms with van der Waals surface area (Å²) >= 11 is 3.45. The van der Waals surface area contributed by atoms with E-state index in [1.807, 2.05) is 24.0 Å². The number of rotatable bonds is 6. The quantitative estimate of drug-likeness (QED) is 0.637. The molecule has 2 aromatic rings. The summed E-state index contributed by atoms with van der Waals surface area (Å²) in [4.78, 5) is 26.2. The average Bonchev–Trinajstić information content (AvgIpc) is 3.16. The number of hydrogen-bond donors (Lipinski definition) is 0. The first-order chi connectivity index (χ1) is 12.6. The van der Waals surface area contributed by atoms with Crippen LogP contribution in [0.15, 0.2) is 53.0 Å². The van der Waals surface area contributed by atoms with Crippen LogP contribution >= 0.6 is 15.9 Å². The first-order valence-corrected chi connectivity index (χ1v) is 9.68. The van der Waals surface area contributed by atoms with Gasteiger partial charge in [-0.15, -0.1) is 0 Å². The van der Waals surface area contributed by atoms with Crippen LogP contribution in [0.5, 0.6) is 5.75 Å². The van der Waals surface area contributed by atoms with Crippen molar-refractivity contribution in [2.45, 2.75) is 32.2 Å². The van der Waals surface area contributed by atoms with Crippen molar-refractivity contribution >= 4 is 27.6 Å². The highest BCUT2D eigenvalue weighted by Crippen LogP contribution is 2.32. The number of likely N-dealkylation sites (tertiary alicyclic amines) is 1. The number of Topliss-reactive ketones (excluding diaryl/α,β-unsaturated/α-hetero) is 1. The van der Waals surface area contributed by atoms with E-state index in [2.05, 4.69) is 28.1 Å². The maximum atomic E-state index is 12.6. The Balaban J connectivity index is 1.60. The van der Waals surface area contributed by atoms with E-state index in [-0.39, 0.29) is 24.3 Å². The summed E-state index contributed by atoms with van der Waals surface area (Å²) in [5, 5.41) is 0. The van der Waals surface area contributed by atoms with Crippen molar-refractivity contribution in [2.24, 2.45) is 0 Å². The molecule has 0 saturated carbocycles. The van der Waals surface area contributed by atoms with Crippen LogP contribution in [-0.2, 0) is 4.79 Å². The summed E-state index contributed by atoms with van der Waals surface area (Å²) in [7, 11) is 0. The number of amides is 1. The van der Waals surface area contributed by atoms with Gasteiger partial charge in [0.25, 0.3) is 5.91 Å². The highest BCUT2D eigenvalue weighted by Gasteiger charge is 2.30. The van der Waals surface area contributed by atoms with Gasteiger partial charge in [-0.25, -0.2) is 0 Å².